The van der Waals surface area contributed by atoms with E-state index in [1.807, 2.05) is 55.2 Å². The fraction of sp³-hybridized carbons (Fsp3) is 0. The lowest BCUT2D eigenvalue weighted by atomic mass is 9.91. The molecule has 0 aliphatic carbocycles. The van der Waals surface area contributed by atoms with Crippen LogP contribution in [0, 0.1) is 0 Å². The second kappa shape index (κ2) is 13.1. The van der Waals surface area contributed by atoms with E-state index < -0.39 is 0 Å². The van der Waals surface area contributed by atoms with Crippen LogP contribution in [0.3, 0.4) is 0 Å². The molecule has 0 saturated carbocycles. The molecule has 3 heterocycles. The van der Waals surface area contributed by atoms with Crippen molar-refractivity contribution in [2.75, 3.05) is 0 Å². The number of benzene rings is 5. The molecule has 0 bridgehead atoms. The molecule has 0 radical (unpaired) electrons. The Morgan fingerprint density at radius 2 is 0.688 bits per heavy atom. The molecule has 0 fully saturated rings. The Morgan fingerprint density at radius 3 is 1.19 bits per heavy atom. The van der Waals surface area contributed by atoms with Crippen LogP contribution in [0.1, 0.15) is 0 Å². The smallest absolute Gasteiger partial charge is 0.115 e. The molecular weight excluding hydrogens is 585 g/mol. The topological polar surface area (TPSA) is 51.6 Å². The highest BCUT2D eigenvalue weighted by Crippen LogP contribution is 2.36. The Labute approximate surface area is 280 Å². The third-order valence-electron chi connectivity index (χ3n) is 8.57. The van der Waals surface area contributed by atoms with Gasteiger partial charge in [-0.05, 0) is 116 Å². The first kappa shape index (κ1) is 28.9. The molecule has 0 unspecified atom stereocenters. The van der Waals surface area contributed by atoms with Gasteiger partial charge < -0.3 is 0 Å². The minimum atomic E-state index is 0.965. The zero-order valence-electron chi connectivity index (χ0n) is 26.1. The largest absolute Gasteiger partial charge is 0.264 e. The minimum Gasteiger partial charge on any atom is -0.264 e. The van der Waals surface area contributed by atoms with Gasteiger partial charge in [-0.15, -0.1) is 0 Å². The van der Waals surface area contributed by atoms with Gasteiger partial charge in [0.15, 0.2) is 0 Å². The zero-order chi connectivity index (χ0) is 32.1. The van der Waals surface area contributed by atoms with Crippen molar-refractivity contribution in [3.05, 3.63) is 183 Å². The van der Waals surface area contributed by atoms with Crippen molar-refractivity contribution in [3.8, 4) is 78.0 Å². The quantitative estimate of drug-likeness (QED) is 0.179. The van der Waals surface area contributed by atoms with Crippen LogP contribution in [0.5, 0.6) is 0 Å². The molecule has 3 aromatic heterocycles. The maximum absolute atomic E-state index is 4.56. The number of hydrogen-bond acceptors (Lipinski definition) is 4. The standard InChI is InChI=1S/C44H30N4/c1-2-19-48-44(17-1)38-15-6-11-34(23-38)32-9-4-13-36(21-32)41-24-40(25-42(26-41)39-16-7-18-45-27-39)35-12-3-8-31(20-35)33-10-5-14-37(22-33)43-28-46-30-47-29-43/h1-30H. The van der Waals surface area contributed by atoms with E-state index in [4.69, 9.17) is 0 Å². The molecule has 0 saturated heterocycles. The highest BCUT2D eigenvalue weighted by atomic mass is 14.8. The van der Waals surface area contributed by atoms with Gasteiger partial charge in [-0.1, -0.05) is 84.9 Å². The number of aromatic nitrogens is 4. The monoisotopic (exact) mass is 614 g/mol. The average Bonchev–Trinajstić information content (AvgIpc) is 3.19. The van der Waals surface area contributed by atoms with Gasteiger partial charge in [-0.3, -0.25) is 9.97 Å². The van der Waals surface area contributed by atoms with Gasteiger partial charge >= 0.3 is 0 Å². The van der Waals surface area contributed by atoms with E-state index in [0.717, 1.165) is 78.0 Å². The molecule has 4 nitrogen and oxygen atoms in total. The van der Waals surface area contributed by atoms with E-state index in [1.54, 1.807) is 6.33 Å². The van der Waals surface area contributed by atoms with E-state index in [9.17, 15) is 0 Å². The first-order chi connectivity index (χ1) is 23.8. The molecule has 0 spiro atoms. The normalized spacial score (nSPS) is 10.9. The summed E-state index contributed by atoms with van der Waals surface area (Å²) in [5, 5.41) is 0. The van der Waals surface area contributed by atoms with E-state index >= 15 is 0 Å². The van der Waals surface area contributed by atoms with Crippen LogP contribution >= 0.6 is 0 Å². The van der Waals surface area contributed by atoms with Crippen molar-refractivity contribution < 1.29 is 0 Å². The summed E-state index contributed by atoms with van der Waals surface area (Å²) >= 11 is 0. The average molecular weight is 615 g/mol. The number of rotatable bonds is 7. The van der Waals surface area contributed by atoms with Gasteiger partial charge in [0.25, 0.3) is 0 Å². The highest BCUT2D eigenvalue weighted by Gasteiger charge is 2.11. The molecule has 0 aliphatic heterocycles. The van der Waals surface area contributed by atoms with Crippen LogP contribution in [0.15, 0.2) is 183 Å². The summed E-state index contributed by atoms with van der Waals surface area (Å²) in [6.45, 7) is 0. The predicted molar refractivity (Wildman–Crippen MR) is 196 cm³/mol. The Kier molecular flexibility index (Phi) is 7.87. The van der Waals surface area contributed by atoms with Gasteiger partial charge in [0, 0.05) is 47.7 Å². The lowest BCUT2D eigenvalue weighted by molar-refractivity contribution is 1.17. The van der Waals surface area contributed by atoms with Gasteiger partial charge in [-0.2, -0.15) is 0 Å². The molecule has 8 rings (SSSR count). The van der Waals surface area contributed by atoms with Gasteiger partial charge in [0.05, 0.1) is 5.69 Å². The van der Waals surface area contributed by atoms with Crippen molar-refractivity contribution in [2.45, 2.75) is 0 Å². The molecule has 48 heavy (non-hydrogen) atoms. The molecule has 8 aromatic rings. The SMILES string of the molecule is c1ccc(-c2cccc(-c3cccc(-c4cc(-c5cccnc5)cc(-c5cccc(-c6cccc(-c7cncnc7)c6)c5)c4)c3)c2)nc1. The molecule has 0 amide bonds. The molecule has 0 atom stereocenters. The van der Waals surface area contributed by atoms with Crippen molar-refractivity contribution in [2.24, 2.45) is 0 Å². The Morgan fingerprint density at radius 1 is 0.271 bits per heavy atom. The Bertz CT molecular complexity index is 2190. The predicted octanol–water partition coefficient (Wildman–Crippen LogP) is 10.9. The third kappa shape index (κ3) is 6.15. The Hall–Kier alpha value is -6.52. The summed E-state index contributed by atoms with van der Waals surface area (Å²) in [6.07, 6.45) is 10.8. The van der Waals surface area contributed by atoms with Crippen molar-refractivity contribution in [1.29, 1.82) is 0 Å². The van der Waals surface area contributed by atoms with Gasteiger partial charge in [0.2, 0.25) is 0 Å². The molecular formula is C44H30N4. The fourth-order valence-corrected chi connectivity index (χ4v) is 6.14. The van der Waals surface area contributed by atoms with Crippen LogP contribution in [-0.2, 0) is 0 Å². The van der Waals surface area contributed by atoms with E-state index in [1.165, 1.54) is 0 Å². The lowest BCUT2D eigenvalue weighted by Crippen LogP contribution is -1.89. The summed E-state index contributed by atoms with van der Waals surface area (Å²) in [5.74, 6) is 0. The molecule has 0 aliphatic rings. The first-order valence-corrected chi connectivity index (χ1v) is 15.9. The summed E-state index contributed by atoms with van der Waals surface area (Å²) < 4.78 is 0. The Balaban J connectivity index is 1.20. The second-order valence-electron chi connectivity index (χ2n) is 11.7. The van der Waals surface area contributed by atoms with Crippen LogP contribution in [0.2, 0.25) is 0 Å². The van der Waals surface area contributed by atoms with Crippen LogP contribution < -0.4 is 0 Å². The number of nitrogens with zero attached hydrogens (tertiary/aromatic N) is 4. The van der Waals surface area contributed by atoms with Crippen LogP contribution in [-0.4, -0.2) is 19.9 Å². The van der Waals surface area contributed by atoms with Crippen molar-refractivity contribution in [1.82, 2.24) is 19.9 Å². The maximum atomic E-state index is 4.56. The van der Waals surface area contributed by atoms with Crippen molar-refractivity contribution >= 4 is 0 Å². The van der Waals surface area contributed by atoms with E-state index in [2.05, 4.69) is 141 Å². The van der Waals surface area contributed by atoms with E-state index in [0.29, 0.717) is 0 Å². The summed E-state index contributed by atoms with van der Waals surface area (Å²) in [4.78, 5) is 17.4. The third-order valence-corrected chi connectivity index (χ3v) is 8.57. The van der Waals surface area contributed by atoms with Crippen LogP contribution in [0.25, 0.3) is 78.0 Å². The highest BCUT2D eigenvalue weighted by molar-refractivity contribution is 5.85. The van der Waals surface area contributed by atoms with Gasteiger partial charge in [-0.25, -0.2) is 9.97 Å². The summed E-state index contributed by atoms with van der Waals surface area (Å²) in [5.41, 5.74) is 15.5. The number of hydrogen-bond donors (Lipinski definition) is 0. The van der Waals surface area contributed by atoms with Crippen LogP contribution in [0.4, 0.5) is 0 Å². The minimum absolute atomic E-state index is 0.965. The second-order valence-corrected chi connectivity index (χ2v) is 11.7. The van der Waals surface area contributed by atoms with Crippen molar-refractivity contribution in [3.63, 3.8) is 0 Å². The first-order valence-electron chi connectivity index (χ1n) is 15.9. The molecule has 226 valence electrons. The number of pyridine rings is 2. The lowest BCUT2D eigenvalue weighted by Gasteiger charge is -2.13. The maximum Gasteiger partial charge on any atom is 0.115 e. The molecule has 0 N–H and O–H groups in total. The van der Waals surface area contributed by atoms with Gasteiger partial charge in [0.1, 0.15) is 6.33 Å². The fourth-order valence-electron chi connectivity index (χ4n) is 6.14. The summed E-state index contributed by atoms with van der Waals surface area (Å²) in [7, 11) is 0. The summed E-state index contributed by atoms with van der Waals surface area (Å²) in [6, 6.07) is 51.6. The van der Waals surface area contributed by atoms with E-state index in [-0.39, 0.29) is 0 Å². The molecule has 4 heteroatoms. The zero-order valence-corrected chi connectivity index (χ0v) is 26.1. The molecule has 5 aromatic carbocycles.